The summed E-state index contributed by atoms with van der Waals surface area (Å²) in [5, 5.41) is 21.5. The van der Waals surface area contributed by atoms with E-state index in [9.17, 15) is 19.8 Å². The number of phenolic OH excluding ortho intramolecular Hbond substituents is 1. The van der Waals surface area contributed by atoms with Gasteiger partial charge in [0.25, 0.3) is 11.7 Å². The maximum absolute atomic E-state index is 13.2. The number of benzene rings is 3. The summed E-state index contributed by atoms with van der Waals surface area (Å²) >= 11 is 0. The zero-order valence-electron chi connectivity index (χ0n) is 21.8. The van der Waals surface area contributed by atoms with Crippen molar-refractivity contribution in [1.29, 1.82) is 0 Å². The summed E-state index contributed by atoms with van der Waals surface area (Å²) in [5.41, 5.74) is 1.95. The monoisotopic (exact) mass is 516 g/mol. The first-order valence-corrected chi connectivity index (χ1v) is 12.5. The second-order valence-corrected chi connectivity index (χ2v) is 9.25. The summed E-state index contributed by atoms with van der Waals surface area (Å²) in [7, 11) is 3.75. The van der Waals surface area contributed by atoms with Crippen LogP contribution in [-0.4, -0.2) is 65.5 Å². The Hall–Kier alpha value is -4.30. The van der Waals surface area contributed by atoms with Crippen LogP contribution in [0.2, 0.25) is 0 Å². The molecule has 8 heteroatoms. The number of nitrogens with zero attached hydrogens (tertiary/aromatic N) is 2. The lowest BCUT2D eigenvalue weighted by atomic mass is 9.95. The minimum atomic E-state index is -0.844. The molecule has 0 spiro atoms. The number of likely N-dealkylation sites (tertiary alicyclic amines) is 1. The Balaban J connectivity index is 1.69. The number of rotatable bonds is 10. The predicted octanol–water partition coefficient (Wildman–Crippen LogP) is 4.35. The highest BCUT2D eigenvalue weighted by molar-refractivity contribution is 6.46. The van der Waals surface area contributed by atoms with Gasteiger partial charge in [0.15, 0.2) is 11.5 Å². The number of phenols is 1. The summed E-state index contributed by atoms with van der Waals surface area (Å²) in [5.74, 6) is -0.932. The molecule has 0 saturated carbocycles. The van der Waals surface area contributed by atoms with Gasteiger partial charge in [0, 0.05) is 18.7 Å². The molecule has 1 saturated heterocycles. The van der Waals surface area contributed by atoms with Crippen LogP contribution in [0.25, 0.3) is 5.76 Å². The average Bonchev–Trinajstić information content (AvgIpc) is 3.17. The van der Waals surface area contributed by atoms with Crippen LogP contribution in [0, 0.1) is 0 Å². The highest BCUT2D eigenvalue weighted by Crippen LogP contribution is 2.41. The van der Waals surface area contributed by atoms with Crippen molar-refractivity contribution in [2.24, 2.45) is 0 Å². The Morgan fingerprint density at radius 2 is 1.68 bits per heavy atom. The smallest absolute Gasteiger partial charge is 0.295 e. The normalized spacial score (nSPS) is 16.7. The molecular formula is C30H32N2O6. The Labute approximate surface area is 222 Å². The van der Waals surface area contributed by atoms with Gasteiger partial charge < -0.3 is 29.5 Å². The van der Waals surface area contributed by atoms with Crippen molar-refractivity contribution in [3.63, 3.8) is 0 Å². The van der Waals surface area contributed by atoms with Crippen LogP contribution < -0.4 is 9.47 Å². The van der Waals surface area contributed by atoms with Crippen molar-refractivity contribution in [2.75, 3.05) is 33.8 Å². The molecule has 1 unspecified atom stereocenters. The van der Waals surface area contributed by atoms with Crippen LogP contribution in [0.3, 0.4) is 0 Å². The van der Waals surface area contributed by atoms with Crippen molar-refractivity contribution >= 4 is 17.4 Å². The van der Waals surface area contributed by atoms with Crippen LogP contribution in [0.15, 0.2) is 78.4 Å². The van der Waals surface area contributed by atoms with E-state index in [0.717, 1.165) is 5.56 Å². The van der Waals surface area contributed by atoms with Gasteiger partial charge in [-0.1, -0.05) is 36.4 Å². The number of carbonyl (C=O) groups is 2. The van der Waals surface area contributed by atoms with Gasteiger partial charge in [0.1, 0.15) is 18.1 Å². The number of aliphatic hydroxyl groups excluding tert-OH is 1. The fourth-order valence-corrected chi connectivity index (χ4v) is 4.34. The minimum Gasteiger partial charge on any atom is -0.507 e. The Kier molecular flexibility index (Phi) is 8.33. The van der Waals surface area contributed by atoms with Crippen molar-refractivity contribution < 1.29 is 29.3 Å². The van der Waals surface area contributed by atoms with Gasteiger partial charge in [-0.25, -0.2) is 0 Å². The van der Waals surface area contributed by atoms with Crippen LogP contribution in [-0.2, 0) is 16.2 Å². The van der Waals surface area contributed by atoms with Gasteiger partial charge in [-0.05, 0) is 68.5 Å². The summed E-state index contributed by atoms with van der Waals surface area (Å²) in [6.45, 7) is 3.31. The topological polar surface area (TPSA) is 99.5 Å². The van der Waals surface area contributed by atoms with E-state index < -0.39 is 17.7 Å². The molecule has 1 aliphatic heterocycles. The maximum atomic E-state index is 13.2. The zero-order chi connectivity index (χ0) is 27.2. The molecule has 2 N–H and O–H groups in total. The molecule has 1 atom stereocenters. The number of likely N-dealkylation sites (N-methyl/N-ethyl adjacent to an activating group) is 1. The number of hydrogen-bond donors (Lipinski definition) is 2. The fourth-order valence-electron chi connectivity index (χ4n) is 4.34. The Bertz CT molecular complexity index is 1320. The van der Waals surface area contributed by atoms with Crippen LogP contribution in [0.4, 0.5) is 0 Å². The van der Waals surface area contributed by atoms with E-state index in [2.05, 4.69) is 0 Å². The Morgan fingerprint density at radius 1 is 0.974 bits per heavy atom. The fraction of sp³-hybridized carbons (Fsp3) is 0.267. The lowest BCUT2D eigenvalue weighted by molar-refractivity contribution is -0.140. The highest BCUT2D eigenvalue weighted by Gasteiger charge is 2.46. The van der Waals surface area contributed by atoms with Gasteiger partial charge in [0.2, 0.25) is 0 Å². The van der Waals surface area contributed by atoms with Crippen LogP contribution in [0.5, 0.6) is 17.2 Å². The summed E-state index contributed by atoms with van der Waals surface area (Å²) in [4.78, 5) is 29.7. The van der Waals surface area contributed by atoms with Gasteiger partial charge >= 0.3 is 0 Å². The van der Waals surface area contributed by atoms with Crippen molar-refractivity contribution in [1.82, 2.24) is 9.80 Å². The van der Waals surface area contributed by atoms with Gasteiger partial charge in [-0.2, -0.15) is 0 Å². The molecule has 3 aromatic carbocycles. The lowest BCUT2D eigenvalue weighted by Crippen LogP contribution is -2.35. The molecule has 1 aliphatic rings. The van der Waals surface area contributed by atoms with Crippen molar-refractivity contribution in [3.05, 3.63) is 95.1 Å². The molecule has 1 amide bonds. The van der Waals surface area contributed by atoms with Gasteiger partial charge in [0.05, 0.1) is 18.2 Å². The number of ketones is 1. The third-order valence-electron chi connectivity index (χ3n) is 6.30. The first-order valence-electron chi connectivity index (χ1n) is 12.5. The molecule has 198 valence electrons. The van der Waals surface area contributed by atoms with Crippen LogP contribution >= 0.6 is 0 Å². The largest absolute Gasteiger partial charge is 0.507 e. The minimum absolute atomic E-state index is 0.0140. The summed E-state index contributed by atoms with van der Waals surface area (Å²) in [6, 6.07) is 20.3. The number of ether oxygens (including phenoxy) is 2. The average molecular weight is 517 g/mol. The summed E-state index contributed by atoms with van der Waals surface area (Å²) < 4.78 is 11.4. The number of amides is 1. The third kappa shape index (κ3) is 5.81. The van der Waals surface area contributed by atoms with E-state index in [0.29, 0.717) is 36.6 Å². The molecule has 38 heavy (non-hydrogen) atoms. The number of aliphatic hydroxyl groups is 1. The van der Waals surface area contributed by atoms with E-state index in [4.69, 9.17) is 9.47 Å². The first-order chi connectivity index (χ1) is 18.3. The number of aromatic hydroxyl groups is 1. The third-order valence-corrected chi connectivity index (χ3v) is 6.30. The van der Waals surface area contributed by atoms with E-state index in [-0.39, 0.29) is 29.4 Å². The van der Waals surface area contributed by atoms with E-state index in [1.807, 2.05) is 49.3 Å². The molecule has 0 radical (unpaired) electrons. The van der Waals surface area contributed by atoms with Gasteiger partial charge in [-0.3, -0.25) is 9.59 Å². The Morgan fingerprint density at radius 3 is 2.34 bits per heavy atom. The molecular weight excluding hydrogens is 484 g/mol. The quantitative estimate of drug-likeness (QED) is 0.235. The second-order valence-electron chi connectivity index (χ2n) is 9.25. The first kappa shape index (κ1) is 26.8. The van der Waals surface area contributed by atoms with E-state index in [1.54, 1.807) is 43.3 Å². The SMILES string of the molecule is CCOc1cc(C2/C(=C(\O)c3ccc(OCc4ccccc4)cc3)C(=O)C(=O)N2CCN(C)C)ccc1O. The zero-order valence-corrected chi connectivity index (χ0v) is 21.8. The summed E-state index contributed by atoms with van der Waals surface area (Å²) in [6.07, 6.45) is 0. The van der Waals surface area contributed by atoms with E-state index >= 15 is 0 Å². The highest BCUT2D eigenvalue weighted by atomic mass is 16.5. The molecule has 0 aromatic heterocycles. The lowest BCUT2D eigenvalue weighted by Gasteiger charge is -2.27. The molecule has 4 rings (SSSR count). The standard InChI is InChI=1S/C30H32N2O6/c1-4-37-25-18-22(12-15-24(25)33)27-26(29(35)30(36)32(27)17-16-31(2)3)28(34)21-10-13-23(14-11-21)38-19-20-8-6-5-7-9-20/h5-15,18,27,33-34H,4,16-17,19H2,1-3H3/b28-26+. The van der Waals surface area contributed by atoms with Crippen molar-refractivity contribution in [2.45, 2.75) is 19.6 Å². The van der Waals surface area contributed by atoms with Crippen molar-refractivity contribution in [3.8, 4) is 17.2 Å². The molecule has 8 nitrogen and oxygen atoms in total. The van der Waals surface area contributed by atoms with Crippen LogP contribution in [0.1, 0.15) is 29.7 Å². The van der Waals surface area contributed by atoms with E-state index in [1.165, 1.54) is 11.0 Å². The number of carbonyl (C=O) groups excluding carboxylic acids is 2. The second kappa shape index (κ2) is 11.8. The molecule has 3 aromatic rings. The molecule has 0 aliphatic carbocycles. The van der Waals surface area contributed by atoms with Gasteiger partial charge in [-0.15, -0.1) is 0 Å². The maximum Gasteiger partial charge on any atom is 0.295 e. The number of Topliss-reactive ketones (excluding diaryl/α,β-unsaturated/α-hetero) is 1. The molecule has 1 fully saturated rings. The molecule has 0 bridgehead atoms. The molecule has 1 heterocycles. The number of hydrogen-bond acceptors (Lipinski definition) is 7. The predicted molar refractivity (Wildman–Crippen MR) is 144 cm³/mol.